The SMILES string of the molecule is Cc1nn(-c2ccccc2)c2c1C(c1cccs1)C1C(=O)CC(C)(C)CC1=N2. The van der Waals surface area contributed by atoms with Crippen LogP contribution in [0.4, 0.5) is 5.82 Å². The van der Waals surface area contributed by atoms with Crippen molar-refractivity contribution < 1.29 is 4.79 Å². The Bertz CT molecular complexity index is 1080. The number of hydrogen-bond acceptors (Lipinski definition) is 4. The Morgan fingerprint density at radius 2 is 1.86 bits per heavy atom. The number of fused-ring (bicyclic) bond motifs is 2. The van der Waals surface area contributed by atoms with Gasteiger partial charge in [-0.2, -0.15) is 5.10 Å². The van der Waals surface area contributed by atoms with E-state index < -0.39 is 0 Å². The predicted octanol–water partition coefficient (Wildman–Crippen LogP) is 5.47. The quantitative estimate of drug-likeness (QED) is 0.584. The number of aromatic nitrogens is 2. The number of para-hydroxylation sites is 1. The summed E-state index contributed by atoms with van der Waals surface area (Å²) in [6.45, 7) is 6.37. The van der Waals surface area contributed by atoms with Gasteiger partial charge in [-0.05, 0) is 42.3 Å². The van der Waals surface area contributed by atoms with Gasteiger partial charge in [0, 0.05) is 28.5 Å². The number of Topliss-reactive ketones (excluding diaryl/α,β-unsaturated/α-hetero) is 1. The minimum absolute atomic E-state index is 0.0172. The molecule has 2 aliphatic rings. The van der Waals surface area contributed by atoms with Gasteiger partial charge in [-0.3, -0.25) is 4.79 Å². The van der Waals surface area contributed by atoms with E-state index in [-0.39, 0.29) is 17.3 Å². The first-order valence-electron chi connectivity index (χ1n) is 9.73. The molecule has 0 bridgehead atoms. The van der Waals surface area contributed by atoms with Crippen LogP contribution in [-0.4, -0.2) is 21.3 Å². The number of hydrogen-bond donors (Lipinski definition) is 0. The maximum absolute atomic E-state index is 13.2. The minimum atomic E-state index is -0.161. The van der Waals surface area contributed by atoms with Crippen LogP contribution in [0.15, 0.2) is 52.8 Å². The van der Waals surface area contributed by atoms with Crippen molar-refractivity contribution in [3.63, 3.8) is 0 Å². The van der Waals surface area contributed by atoms with Gasteiger partial charge >= 0.3 is 0 Å². The van der Waals surface area contributed by atoms with E-state index in [0.717, 1.165) is 34.9 Å². The molecule has 2 unspecified atom stereocenters. The molecule has 142 valence electrons. The summed E-state index contributed by atoms with van der Waals surface area (Å²) >= 11 is 1.72. The van der Waals surface area contributed by atoms with Crippen molar-refractivity contribution in [2.24, 2.45) is 16.3 Å². The molecule has 1 aliphatic heterocycles. The Balaban J connectivity index is 1.77. The average molecular weight is 390 g/mol. The molecule has 28 heavy (non-hydrogen) atoms. The molecule has 1 aromatic carbocycles. The van der Waals surface area contributed by atoms with Crippen molar-refractivity contribution in [3.05, 3.63) is 64.0 Å². The molecular weight excluding hydrogens is 366 g/mol. The van der Waals surface area contributed by atoms with E-state index in [4.69, 9.17) is 10.1 Å². The second-order valence-electron chi connectivity index (χ2n) is 8.63. The fourth-order valence-electron chi connectivity index (χ4n) is 4.74. The first-order chi connectivity index (χ1) is 13.4. The Morgan fingerprint density at radius 3 is 2.57 bits per heavy atom. The Hall–Kier alpha value is -2.53. The van der Waals surface area contributed by atoms with Crippen LogP contribution in [-0.2, 0) is 4.79 Å². The maximum Gasteiger partial charge on any atom is 0.159 e. The predicted molar refractivity (Wildman–Crippen MR) is 113 cm³/mol. The van der Waals surface area contributed by atoms with Crippen LogP contribution in [0.5, 0.6) is 0 Å². The van der Waals surface area contributed by atoms with Crippen LogP contribution in [0.25, 0.3) is 5.69 Å². The average Bonchev–Trinajstić information content (AvgIpc) is 3.28. The summed E-state index contributed by atoms with van der Waals surface area (Å²) in [5.41, 5.74) is 4.03. The molecule has 1 fully saturated rings. The number of nitrogens with zero attached hydrogens (tertiary/aromatic N) is 3. The summed E-state index contributed by atoms with van der Waals surface area (Å²) in [5.74, 6) is 1.06. The van der Waals surface area contributed by atoms with Crippen molar-refractivity contribution in [1.29, 1.82) is 0 Å². The minimum Gasteiger partial charge on any atom is -0.299 e. The van der Waals surface area contributed by atoms with Gasteiger partial charge < -0.3 is 0 Å². The van der Waals surface area contributed by atoms with Crippen molar-refractivity contribution in [2.45, 2.75) is 39.5 Å². The summed E-state index contributed by atoms with van der Waals surface area (Å²) in [6, 6.07) is 14.4. The van der Waals surface area contributed by atoms with Crippen molar-refractivity contribution >= 4 is 28.6 Å². The highest BCUT2D eigenvalue weighted by Gasteiger charge is 2.47. The number of ketones is 1. The second-order valence-corrected chi connectivity index (χ2v) is 9.61. The molecule has 1 aliphatic carbocycles. The first kappa shape index (κ1) is 17.6. The molecule has 0 saturated heterocycles. The Morgan fingerprint density at radius 1 is 1.07 bits per heavy atom. The Labute approximate surface area is 168 Å². The molecule has 4 nitrogen and oxygen atoms in total. The standard InChI is InChI=1S/C23H23N3OS/c1-14-19-21(18-10-7-11-28-18)20-16(12-23(2,3)13-17(20)27)24-22(19)26(25-14)15-8-5-4-6-9-15/h4-11,20-21H,12-13H2,1-3H3. The molecule has 0 radical (unpaired) electrons. The van der Waals surface area contributed by atoms with Crippen molar-refractivity contribution in [2.75, 3.05) is 0 Å². The summed E-state index contributed by atoms with van der Waals surface area (Å²) in [6.07, 6.45) is 1.46. The lowest BCUT2D eigenvalue weighted by atomic mass is 9.65. The van der Waals surface area contributed by atoms with Crippen molar-refractivity contribution in [3.8, 4) is 5.69 Å². The largest absolute Gasteiger partial charge is 0.299 e. The molecular formula is C23H23N3OS. The second kappa shape index (κ2) is 6.24. The van der Waals surface area contributed by atoms with E-state index in [0.29, 0.717) is 12.2 Å². The zero-order valence-electron chi connectivity index (χ0n) is 16.3. The molecule has 3 aromatic rings. The van der Waals surface area contributed by atoms with Gasteiger partial charge in [0.05, 0.1) is 17.3 Å². The lowest BCUT2D eigenvalue weighted by Crippen LogP contribution is -2.42. The molecule has 2 atom stereocenters. The molecule has 0 spiro atoms. The van der Waals surface area contributed by atoms with Gasteiger partial charge in [0.15, 0.2) is 5.82 Å². The third-order valence-corrected chi connectivity index (χ3v) is 6.80. The highest BCUT2D eigenvalue weighted by Crippen LogP contribution is 2.51. The van der Waals surface area contributed by atoms with Gasteiger partial charge in [-0.1, -0.05) is 38.1 Å². The van der Waals surface area contributed by atoms with E-state index in [1.54, 1.807) is 11.3 Å². The van der Waals surface area contributed by atoms with E-state index in [1.807, 2.05) is 29.8 Å². The smallest absolute Gasteiger partial charge is 0.159 e. The number of carbonyl (C=O) groups excluding carboxylic acids is 1. The van der Waals surface area contributed by atoms with Gasteiger partial charge in [0.1, 0.15) is 5.78 Å². The number of aryl methyl sites for hydroxylation is 1. The number of carbonyl (C=O) groups is 1. The van der Waals surface area contributed by atoms with Crippen LogP contribution in [0.1, 0.15) is 48.7 Å². The number of benzene rings is 1. The topological polar surface area (TPSA) is 47.2 Å². The molecule has 5 heteroatoms. The Kier molecular flexibility index (Phi) is 3.91. The summed E-state index contributed by atoms with van der Waals surface area (Å²) in [4.78, 5) is 19.5. The fourth-order valence-corrected chi connectivity index (χ4v) is 5.62. The monoisotopic (exact) mass is 389 g/mol. The van der Waals surface area contributed by atoms with Crippen LogP contribution in [0.3, 0.4) is 0 Å². The van der Waals surface area contributed by atoms with E-state index in [2.05, 4.69) is 43.5 Å². The first-order valence-corrected chi connectivity index (χ1v) is 10.6. The van der Waals surface area contributed by atoms with Gasteiger partial charge in [0.2, 0.25) is 0 Å². The highest BCUT2D eigenvalue weighted by atomic mass is 32.1. The van der Waals surface area contributed by atoms with Crippen LogP contribution in [0, 0.1) is 18.3 Å². The van der Waals surface area contributed by atoms with E-state index in [9.17, 15) is 4.79 Å². The number of thiophene rings is 1. The van der Waals surface area contributed by atoms with Gasteiger partial charge in [-0.15, -0.1) is 11.3 Å². The van der Waals surface area contributed by atoms with Gasteiger partial charge in [0.25, 0.3) is 0 Å². The number of aliphatic imine (C=N–C) groups is 1. The molecule has 2 aromatic heterocycles. The molecule has 0 amide bonds. The summed E-state index contributed by atoms with van der Waals surface area (Å²) < 4.78 is 1.95. The number of rotatable bonds is 2. The third kappa shape index (κ3) is 2.68. The lowest BCUT2D eigenvalue weighted by molar-refractivity contribution is -0.124. The molecule has 5 rings (SSSR count). The molecule has 1 saturated carbocycles. The normalized spacial score (nSPS) is 23.1. The van der Waals surface area contributed by atoms with E-state index >= 15 is 0 Å². The highest BCUT2D eigenvalue weighted by molar-refractivity contribution is 7.10. The van der Waals surface area contributed by atoms with Crippen LogP contribution < -0.4 is 0 Å². The maximum atomic E-state index is 13.2. The lowest BCUT2D eigenvalue weighted by Gasteiger charge is -2.40. The summed E-state index contributed by atoms with van der Waals surface area (Å²) in [7, 11) is 0. The zero-order valence-corrected chi connectivity index (χ0v) is 17.2. The van der Waals surface area contributed by atoms with Crippen LogP contribution in [0.2, 0.25) is 0 Å². The van der Waals surface area contributed by atoms with Crippen molar-refractivity contribution in [1.82, 2.24) is 9.78 Å². The molecule has 3 heterocycles. The van der Waals surface area contributed by atoms with Gasteiger partial charge in [-0.25, -0.2) is 9.67 Å². The van der Waals surface area contributed by atoms with Crippen LogP contribution >= 0.6 is 11.3 Å². The summed E-state index contributed by atoms with van der Waals surface area (Å²) in [5, 5.41) is 6.94. The zero-order chi connectivity index (χ0) is 19.5. The van der Waals surface area contributed by atoms with E-state index in [1.165, 1.54) is 4.88 Å². The fraction of sp³-hybridized carbons (Fsp3) is 0.348. The molecule has 0 N–H and O–H groups in total. The third-order valence-electron chi connectivity index (χ3n) is 5.84.